The van der Waals surface area contributed by atoms with Gasteiger partial charge in [0.25, 0.3) is 11.5 Å². The van der Waals surface area contributed by atoms with Crippen molar-refractivity contribution in [1.29, 1.82) is 0 Å². The average molecular weight is 348 g/mol. The van der Waals surface area contributed by atoms with Crippen molar-refractivity contribution in [1.82, 2.24) is 9.97 Å². The van der Waals surface area contributed by atoms with Gasteiger partial charge in [-0.3, -0.25) is 14.6 Å². The molecule has 1 heterocycles. The van der Waals surface area contributed by atoms with E-state index in [1.165, 1.54) is 48.9 Å². The number of nitrogens with one attached hydrogen (secondary N) is 2. The Labute approximate surface area is 142 Å². The van der Waals surface area contributed by atoms with Crippen molar-refractivity contribution in [3.63, 3.8) is 0 Å². The monoisotopic (exact) mass is 348 g/mol. The van der Waals surface area contributed by atoms with Gasteiger partial charge in [0.15, 0.2) is 11.0 Å². The number of halogens is 1. The van der Waals surface area contributed by atoms with Gasteiger partial charge in [0.2, 0.25) is 0 Å². The van der Waals surface area contributed by atoms with Crippen LogP contribution in [0.5, 0.6) is 0 Å². The molecule has 1 aromatic heterocycles. The Morgan fingerprint density at radius 3 is 2.71 bits per heavy atom. The van der Waals surface area contributed by atoms with Crippen LogP contribution in [0.25, 0.3) is 0 Å². The molecule has 24 heavy (non-hydrogen) atoms. The van der Waals surface area contributed by atoms with Crippen LogP contribution < -0.4 is 16.6 Å². The van der Waals surface area contributed by atoms with Crippen molar-refractivity contribution in [2.45, 2.75) is 36.1 Å². The lowest BCUT2D eigenvalue weighted by atomic mass is 10.2. The van der Waals surface area contributed by atoms with E-state index < -0.39 is 17.3 Å². The summed E-state index contributed by atoms with van der Waals surface area (Å²) in [5, 5.41) is 3.20. The Kier molecular flexibility index (Phi) is 4.84. The van der Waals surface area contributed by atoms with E-state index in [4.69, 9.17) is 5.73 Å². The van der Waals surface area contributed by atoms with Gasteiger partial charge in [0.05, 0.1) is 5.56 Å². The van der Waals surface area contributed by atoms with Crippen molar-refractivity contribution in [3.8, 4) is 0 Å². The molecule has 126 valence electrons. The van der Waals surface area contributed by atoms with E-state index in [0.29, 0.717) is 10.4 Å². The van der Waals surface area contributed by atoms with Gasteiger partial charge in [-0.05, 0) is 25.0 Å². The smallest absolute Gasteiger partial charge is 0.277 e. The maximum Gasteiger partial charge on any atom is 0.277 e. The first-order valence-corrected chi connectivity index (χ1v) is 8.55. The highest BCUT2D eigenvalue weighted by Crippen LogP contribution is 2.33. The summed E-state index contributed by atoms with van der Waals surface area (Å²) in [6.45, 7) is 0. The third-order valence-corrected chi connectivity index (χ3v) is 5.08. The zero-order valence-corrected chi connectivity index (χ0v) is 13.7. The van der Waals surface area contributed by atoms with E-state index in [1.54, 1.807) is 0 Å². The number of carbonyl (C=O) groups is 1. The molecule has 0 unspecified atom stereocenters. The van der Waals surface area contributed by atoms with Crippen LogP contribution in [-0.4, -0.2) is 21.1 Å². The lowest BCUT2D eigenvalue weighted by Crippen LogP contribution is -2.23. The van der Waals surface area contributed by atoms with Gasteiger partial charge in [-0.25, -0.2) is 9.37 Å². The van der Waals surface area contributed by atoms with Gasteiger partial charge in [-0.1, -0.05) is 36.7 Å². The molecule has 0 radical (unpaired) electrons. The van der Waals surface area contributed by atoms with Crippen LogP contribution in [0.3, 0.4) is 0 Å². The van der Waals surface area contributed by atoms with E-state index in [-0.39, 0.29) is 17.1 Å². The quantitative estimate of drug-likeness (QED) is 0.738. The first kappa shape index (κ1) is 16.5. The molecule has 0 saturated heterocycles. The summed E-state index contributed by atoms with van der Waals surface area (Å²) < 4.78 is 13.6. The third-order valence-electron chi connectivity index (χ3n) is 3.86. The molecule has 0 atom stereocenters. The molecule has 4 N–H and O–H groups in total. The molecular formula is C16H17FN4O2S. The van der Waals surface area contributed by atoms with E-state index >= 15 is 0 Å². The summed E-state index contributed by atoms with van der Waals surface area (Å²) in [5.41, 5.74) is 4.93. The maximum atomic E-state index is 13.6. The highest BCUT2D eigenvalue weighted by molar-refractivity contribution is 7.99. The van der Waals surface area contributed by atoms with E-state index in [9.17, 15) is 14.0 Å². The molecule has 0 bridgehead atoms. The number of H-pyrrole nitrogens is 1. The second-order valence-electron chi connectivity index (χ2n) is 5.59. The van der Waals surface area contributed by atoms with E-state index in [1.807, 2.05) is 0 Å². The van der Waals surface area contributed by atoms with Crippen LogP contribution in [-0.2, 0) is 0 Å². The van der Waals surface area contributed by atoms with Crippen molar-refractivity contribution < 1.29 is 9.18 Å². The van der Waals surface area contributed by atoms with Crippen molar-refractivity contribution in [2.75, 3.05) is 11.1 Å². The number of benzene rings is 1. The summed E-state index contributed by atoms with van der Waals surface area (Å²) in [6, 6.07) is 5.50. The molecule has 1 saturated carbocycles. The molecule has 0 spiro atoms. The number of rotatable bonds is 4. The molecule has 6 nitrogen and oxygen atoms in total. The number of nitrogens with zero attached hydrogens (tertiary/aromatic N) is 1. The number of hydrogen-bond donors (Lipinski definition) is 3. The van der Waals surface area contributed by atoms with Crippen LogP contribution in [0.2, 0.25) is 0 Å². The Morgan fingerprint density at radius 1 is 1.33 bits per heavy atom. The minimum atomic E-state index is -0.747. The van der Waals surface area contributed by atoms with Crippen molar-refractivity contribution in [3.05, 3.63) is 46.0 Å². The molecular weight excluding hydrogens is 331 g/mol. The molecule has 1 aliphatic carbocycles. The molecule has 1 amide bonds. The number of amides is 1. The van der Waals surface area contributed by atoms with Crippen molar-refractivity contribution >= 4 is 29.2 Å². The molecule has 0 aliphatic heterocycles. The zero-order chi connectivity index (χ0) is 17.1. The largest absolute Gasteiger partial charge is 0.382 e. The minimum absolute atomic E-state index is 0.0797. The Balaban J connectivity index is 1.80. The summed E-state index contributed by atoms with van der Waals surface area (Å²) >= 11 is 1.49. The van der Waals surface area contributed by atoms with Crippen LogP contribution in [0.15, 0.2) is 34.2 Å². The molecule has 8 heteroatoms. The van der Waals surface area contributed by atoms with Gasteiger partial charge >= 0.3 is 0 Å². The fourth-order valence-corrected chi connectivity index (χ4v) is 3.82. The van der Waals surface area contributed by atoms with E-state index in [0.717, 1.165) is 12.8 Å². The van der Waals surface area contributed by atoms with Crippen molar-refractivity contribution in [2.24, 2.45) is 0 Å². The highest BCUT2D eigenvalue weighted by Gasteiger charge is 2.20. The Morgan fingerprint density at radius 2 is 2.04 bits per heavy atom. The Bertz CT molecular complexity index is 818. The number of hydrogen-bond acceptors (Lipinski definition) is 5. The normalized spacial score (nSPS) is 14.7. The van der Waals surface area contributed by atoms with Crippen LogP contribution in [0.1, 0.15) is 36.0 Å². The molecule has 2 aromatic rings. The summed E-state index contributed by atoms with van der Waals surface area (Å²) in [4.78, 5) is 31.1. The number of thioether (sulfide) groups is 1. The first-order chi connectivity index (χ1) is 11.5. The standard InChI is InChI=1S/C16H17FN4O2S/c17-11-8-4-3-7-10(11)14(22)19-12-13(18)20-16(21-15(12)23)24-9-5-1-2-6-9/h3-4,7-9H,1-2,5-6H2,(H,19,22)(H3,18,20,21,23). The zero-order valence-electron chi connectivity index (χ0n) is 12.8. The number of anilines is 2. The second-order valence-corrected chi connectivity index (χ2v) is 6.88. The Hall–Kier alpha value is -2.35. The van der Waals surface area contributed by atoms with Gasteiger partial charge in [0, 0.05) is 5.25 Å². The van der Waals surface area contributed by atoms with Gasteiger partial charge < -0.3 is 11.1 Å². The SMILES string of the molecule is Nc1nc(SC2CCCC2)[nH]c(=O)c1NC(=O)c1ccccc1F. The highest BCUT2D eigenvalue weighted by atomic mass is 32.2. The van der Waals surface area contributed by atoms with Crippen LogP contribution >= 0.6 is 11.8 Å². The van der Waals surface area contributed by atoms with Gasteiger partial charge in [-0.15, -0.1) is 0 Å². The number of nitrogen functional groups attached to an aromatic ring is 1. The maximum absolute atomic E-state index is 13.6. The number of nitrogens with two attached hydrogens (primary N) is 1. The van der Waals surface area contributed by atoms with Gasteiger partial charge in [-0.2, -0.15) is 0 Å². The first-order valence-electron chi connectivity index (χ1n) is 7.67. The predicted octanol–water partition coefficient (Wildman–Crippen LogP) is 2.78. The molecule has 1 aromatic carbocycles. The lowest BCUT2D eigenvalue weighted by Gasteiger charge is -2.11. The third kappa shape index (κ3) is 3.59. The summed E-state index contributed by atoms with van der Waals surface area (Å²) in [7, 11) is 0. The fourth-order valence-electron chi connectivity index (χ4n) is 2.64. The topological polar surface area (TPSA) is 101 Å². The number of aromatic amines is 1. The minimum Gasteiger partial charge on any atom is -0.382 e. The summed E-state index contributed by atoms with van der Waals surface area (Å²) in [6.07, 6.45) is 4.52. The second kappa shape index (κ2) is 7.04. The van der Waals surface area contributed by atoms with Gasteiger partial charge in [0.1, 0.15) is 11.5 Å². The predicted molar refractivity (Wildman–Crippen MR) is 91.7 cm³/mol. The summed E-state index contributed by atoms with van der Waals surface area (Å²) in [5.74, 6) is -1.50. The van der Waals surface area contributed by atoms with Crippen LogP contribution in [0.4, 0.5) is 15.9 Å². The molecule has 1 aliphatic rings. The molecule has 3 rings (SSSR count). The fraction of sp³-hybridized carbons (Fsp3) is 0.312. The molecule has 1 fully saturated rings. The van der Waals surface area contributed by atoms with E-state index in [2.05, 4.69) is 15.3 Å². The number of carbonyl (C=O) groups excluding carboxylic acids is 1. The average Bonchev–Trinajstić information content (AvgIpc) is 3.04. The number of aromatic nitrogens is 2. The van der Waals surface area contributed by atoms with Crippen LogP contribution in [0, 0.1) is 5.82 Å². The lowest BCUT2D eigenvalue weighted by molar-refractivity contribution is 0.102.